The number of carbonyl (C=O) groups excluding carboxylic acids is 1. The summed E-state index contributed by atoms with van der Waals surface area (Å²) in [7, 11) is 1.44. The second-order valence-electron chi connectivity index (χ2n) is 4.81. The van der Waals surface area contributed by atoms with Gasteiger partial charge in [0, 0.05) is 12.6 Å². The molecular formula is C12H23NO3. The smallest absolute Gasteiger partial charge is 0.323 e. The van der Waals surface area contributed by atoms with Crippen LogP contribution < -0.4 is 5.32 Å². The minimum Gasteiger partial charge on any atom is -0.468 e. The lowest BCUT2D eigenvalue weighted by Crippen LogP contribution is -2.49. The number of ether oxygens (including phenoxy) is 2. The predicted octanol–water partition coefficient (Wildman–Crippen LogP) is 1.34. The molecule has 3 atom stereocenters. The molecule has 2 unspecified atom stereocenters. The molecule has 0 aromatic rings. The van der Waals surface area contributed by atoms with Crippen LogP contribution in [-0.4, -0.2) is 37.9 Å². The largest absolute Gasteiger partial charge is 0.468 e. The van der Waals surface area contributed by atoms with Gasteiger partial charge in [0.2, 0.25) is 0 Å². The van der Waals surface area contributed by atoms with Crippen LogP contribution in [0.5, 0.6) is 0 Å². The molecular weight excluding hydrogens is 206 g/mol. The van der Waals surface area contributed by atoms with Crippen molar-refractivity contribution in [1.82, 2.24) is 5.32 Å². The summed E-state index contributed by atoms with van der Waals surface area (Å²) >= 11 is 0. The van der Waals surface area contributed by atoms with Gasteiger partial charge in [-0.1, -0.05) is 13.8 Å². The number of methoxy groups -OCH3 is 1. The van der Waals surface area contributed by atoms with E-state index >= 15 is 0 Å². The summed E-state index contributed by atoms with van der Waals surface area (Å²) in [5, 5.41) is 3.38. The zero-order valence-electron chi connectivity index (χ0n) is 10.7. The van der Waals surface area contributed by atoms with Crippen molar-refractivity contribution < 1.29 is 14.3 Å². The van der Waals surface area contributed by atoms with E-state index in [1.165, 1.54) is 7.11 Å². The molecule has 4 nitrogen and oxygen atoms in total. The van der Waals surface area contributed by atoms with Crippen molar-refractivity contribution >= 4 is 5.97 Å². The first-order valence-corrected chi connectivity index (χ1v) is 6.00. The highest BCUT2D eigenvalue weighted by atomic mass is 16.5. The molecule has 0 saturated carbocycles. The normalized spacial score (nSPS) is 27.8. The van der Waals surface area contributed by atoms with Crippen molar-refractivity contribution in [1.29, 1.82) is 0 Å². The fourth-order valence-corrected chi connectivity index (χ4v) is 2.06. The molecule has 1 fully saturated rings. The quantitative estimate of drug-likeness (QED) is 0.739. The highest BCUT2D eigenvalue weighted by Crippen LogP contribution is 2.15. The lowest BCUT2D eigenvalue weighted by Gasteiger charge is -2.32. The van der Waals surface area contributed by atoms with E-state index in [4.69, 9.17) is 9.47 Å². The maximum absolute atomic E-state index is 11.6. The summed E-state index contributed by atoms with van der Waals surface area (Å²) in [4.78, 5) is 11.6. The Balaban J connectivity index is 2.50. The molecule has 1 aliphatic heterocycles. The van der Waals surface area contributed by atoms with Crippen molar-refractivity contribution in [3.8, 4) is 0 Å². The lowest BCUT2D eigenvalue weighted by atomic mass is 9.99. The highest BCUT2D eigenvalue weighted by Gasteiger charge is 2.28. The maximum Gasteiger partial charge on any atom is 0.323 e. The van der Waals surface area contributed by atoms with Crippen molar-refractivity contribution in [3.05, 3.63) is 0 Å². The topological polar surface area (TPSA) is 47.6 Å². The molecule has 1 rings (SSSR count). The second-order valence-corrected chi connectivity index (χ2v) is 4.81. The number of esters is 1. The molecule has 0 spiro atoms. The molecule has 0 aromatic heterocycles. The van der Waals surface area contributed by atoms with Gasteiger partial charge in [-0.2, -0.15) is 0 Å². The van der Waals surface area contributed by atoms with Crippen molar-refractivity contribution in [2.45, 2.75) is 51.8 Å². The van der Waals surface area contributed by atoms with Crippen molar-refractivity contribution in [2.24, 2.45) is 5.92 Å². The molecule has 1 aliphatic rings. The standard InChI is InChI=1S/C12H23NO3/c1-8(2)11(12(14)15-4)13-10-5-6-16-9(3)7-10/h8-11,13H,5-7H2,1-4H3/t9?,10?,11-/m0/s1. The zero-order valence-corrected chi connectivity index (χ0v) is 10.7. The first-order valence-electron chi connectivity index (χ1n) is 6.00. The molecule has 4 heteroatoms. The van der Waals surface area contributed by atoms with Crippen LogP contribution in [-0.2, 0) is 14.3 Å². The Kier molecular flexibility index (Phi) is 5.22. The third-order valence-corrected chi connectivity index (χ3v) is 3.02. The average Bonchev–Trinajstić information content (AvgIpc) is 2.24. The Labute approximate surface area is 97.7 Å². The van der Waals surface area contributed by atoms with E-state index in [0.29, 0.717) is 6.04 Å². The first-order chi connectivity index (χ1) is 7.54. The maximum atomic E-state index is 11.6. The van der Waals surface area contributed by atoms with Gasteiger partial charge < -0.3 is 14.8 Å². The van der Waals surface area contributed by atoms with Gasteiger partial charge in [-0.25, -0.2) is 0 Å². The summed E-state index contributed by atoms with van der Waals surface area (Å²) in [6, 6.07) is 0.149. The van der Waals surface area contributed by atoms with Gasteiger partial charge in [0.05, 0.1) is 13.2 Å². The Morgan fingerprint density at radius 2 is 2.19 bits per heavy atom. The minimum absolute atomic E-state index is 0.172. The molecule has 16 heavy (non-hydrogen) atoms. The van der Waals surface area contributed by atoms with E-state index in [1.54, 1.807) is 0 Å². The monoisotopic (exact) mass is 229 g/mol. The predicted molar refractivity (Wildman–Crippen MR) is 62.2 cm³/mol. The fourth-order valence-electron chi connectivity index (χ4n) is 2.06. The van der Waals surface area contributed by atoms with Crippen LogP contribution in [0.15, 0.2) is 0 Å². The third kappa shape index (κ3) is 3.76. The molecule has 1 N–H and O–H groups in total. The van der Waals surface area contributed by atoms with Gasteiger partial charge in [0.1, 0.15) is 6.04 Å². The molecule has 1 saturated heterocycles. The first kappa shape index (κ1) is 13.5. The molecule has 0 aliphatic carbocycles. The van der Waals surface area contributed by atoms with Gasteiger partial charge in [-0.15, -0.1) is 0 Å². The second kappa shape index (κ2) is 6.21. The number of hydrogen-bond acceptors (Lipinski definition) is 4. The van der Waals surface area contributed by atoms with Gasteiger partial charge in [-0.3, -0.25) is 4.79 Å². The average molecular weight is 229 g/mol. The SMILES string of the molecule is COC(=O)[C@@H](NC1CCOC(C)C1)C(C)C. The van der Waals surface area contributed by atoms with Gasteiger partial charge in [0.15, 0.2) is 0 Å². The summed E-state index contributed by atoms with van der Waals surface area (Å²) in [5.74, 6) is 0.0692. The van der Waals surface area contributed by atoms with Crippen LogP contribution in [0.1, 0.15) is 33.6 Å². The van der Waals surface area contributed by atoms with Crippen LogP contribution >= 0.6 is 0 Å². The van der Waals surface area contributed by atoms with E-state index < -0.39 is 0 Å². The fraction of sp³-hybridized carbons (Fsp3) is 0.917. The molecule has 0 radical (unpaired) electrons. The summed E-state index contributed by atoms with van der Waals surface area (Å²) in [5.41, 5.74) is 0. The van der Waals surface area contributed by atoms with E-state index in [9.17, 15) is 4.79 Å². The molecule has 94 valence electrons. The van der Waals surface area contributed by atoms with E-state index in [1.807, 2.05) is 13.8 Å². The lowest BCUT2D eigenvalue weighted by molar-refractivity contribution is -0.145. The van der Waals surface area contributed by atoms with Crippen LogP contribution in [0.25, 0.3) is 0 Å². The van der Waals surface area contributed by atoms with Crippen molar-refractivity contribution in [2.75, 3.05) is 13.7 Å². The minimum atomic E-state index is -0.208. The van der Waals surface area contributed by atoms with E-state index in [2.05, 4.69) is 12.2 Å². The summed E-state index contributed by atoms with van der Waals surface area (Å²) < 4.78 is 10.3. The van der Waals surface area contributed by atoms with E-state index in [0.717, 1.165) is 19.4 Å². The number of hydrogen-bond donors (Lipinski definition) is 1. The Morgan fingerprint density at radius 3 is 2.69 bits per heavy atom. The van der Waals surface area contributed by atoms with Gasteiger partial charge in [0.25, 0.3) is 0 Å². The summed E-state index contributed by atoms with van der Waals surface area (Å²) in [6.07, 6.45) is 2.20. The zero-order chi connectivity index (χ0) is 12.1. The number of rotatable bonds is 4. The number of nitrogens with one attached hydrogen (secondary N) is 1. The van der Waals surface area contributed by atoms with Crippen molar-refractivity contribution in [3.63, 3.8) is 0 Å². The van der Waals surface area contributed by atoms with E-state index in [-0.39, 0.29) is 24.0 Å². The van der Waals surface area contributed by atoms with Crippen LogP contribution in [0.3, 0.4) is 0 Å². The molecule has 0 amide bonds. The highest BCUT2D eigenvalue weighted by molar-refractivity contribution is 5.75. The molecule has 0 bridgehead atoms. The van der Waals surface area contributed by atoms with Crippen LogP contribution in [0.2, 0.25) is 0 Å². The Morgan fingerprint density at radius 1 is 1.50 bits per heavy atom. The number of carbonyl (C=O) groups is 1. The van der Waals surface area contributed by atoms with Gasteiger partial charge in [-0.05, 0) is 25.7 Å². The third-order valence-electron chi connectivity index (χ3n) is 3.02. The van der Waals surface area contributed by atoms with Crippen LogP contribution in [0.4, 0.5) is 0 Å². The molecule has 0 aromatic carbocycles. The Hall–Kier alpha value is -0.610. The molecule has 1 heterocycles. The van der Waals surface area contributed by atoms with Gasteiger partial charge >= 0.3 is 5.97 Å². The summed E-state index contributed by atoms with van der Waals surface area (Å²) in [6.45, 7) is 6.88. The van der Waals surface area contributed by atoms with Crippen LogP contribution in [0, 0.1) is 5.92 Å². The Bertz CT molecular complexity index is 230.